The van der Waals surface area contributed by atoms with E-state index in [0.29, 0.717) is 17.2 Å². The van der Waals surface area contributed by atoms with Crippen LogP contribution in [0.15, 0.2) is 53.2 Å². The molecule has 0 saturated carbocycles. The maximum Gasteiger partial charge on any atom is 0.291 e. The Labute approximate surface area is 190 Å². The Bertz CT molecular complexity index is 1320. The maximum absolute atomic E-state index is 12.8. The Kier molecular flexibility index (Phi) is 5.99. The second-order valence-corrected chi connectivity index (χ2v) is 7.58. The van der Waals surface area contributed by atoms with Crippen LogP contribution in [0.2, 0.25) is 0 Å². The van der Waals surface area contributed by atoms with Crippen molar-refractivity contribution in [3.8, 4) is 5.75 Å². The van der Waals surface area contributed by atoms with E-state index in [1.165, 1.54) is 10.9 Å². The summed E-state index contributed by atoms with van der Waals surface area (Å²) in [6, 6.07) is 10.9. The van der Waals surface area contributed by atoms with E-state index in [-0.39, 0.29) is 23.7 Å². The number of hydrogen-bond donors (Lipinski definition) is 2. The van der Waals surface area contributed by atoms with E-state index in [1.807, 2.05) is 38.1 Å². The SMILES string of the molecule is Cc1cccc(OCc2ccc(C(=O)Nc3cnn(C)c3C(=O)Nc3cnn(C)c3C)o2)c1. The zero-order valence-corrected chi connectivity index (χ0v) is 18.7. The summed E-state index contributed by atoms with van der Waals surface area (Å²) in [6.07, 6.45) is 2.97. The van der Waals surface area contributed by atoms with E-state index < -0.39 is 11.8 Å². The number of nitrogens with zero attached hydrogens (tertiary/aromatic N) is 4. The molecular formula is C23H24N6O4. The van der Waals surface area contributed by atoms with E-state index in [9.17, 15) is 9.59 Å². The van der Waals surface area contributed by atoms with Crippen LogP contribution in [0, 0.1) is 13.8 Å². The number of aryl methyl sites for hydroxylation is 3. The number of furan rings is 1. The number of carbonyl (C=O) groups is 2. The minimum absolute atomic E-state index is 0.0937. The molecular weight excluding hydrogens is 424 g/mol. The van der Waals surface area contributed by atoms with Crippen molar-refractivity contribution in [3.05, 3.63) is 77.3 Å². The smallest absolute Gasteiger partial charge is 0.291 e. The Hall–Kier alpha value is -4.34. The Balaban J connectivity index is 1.43. The van der Waals surface area contributed by atoms with Gasteiger partial charge in [0, 0.05) is 14.1 Å². The standard InChI is InChI=1S/C23H24N6O4/c1-14-6-5-7-16(10-14)32-13-17-8-9-20(33-17)22(30)27-19-12-25-29(4)21(19)23(31)26-18-11-24-28(3)15(18)2/h5-12H,13H2,1-4H3,(H,26,31)(H,27,30). The molecule has 0 radical (unpaired) electrons. The van der Waals surface area contributed by atoms with Gasteiger partial charge in [-0.3, -0.25) is 19.0 Å². The lowest BCUT2D eigenvalue weighted by Crippen LogP contribution is -2.20. The van der Waals surface area contributed by atoms with Crippen LogP contribution in [0.25, 0.3) is 0 Å². The van der Waals surface area contributed by atoms with Crippen molar-refractivity contribution >= 4 is 23.2 Å². The number of aromatic nitrogens is 4. The number of benzene rings is 1. The van der Waals surface area contributed by atoms with E-state index in [1.54, 1.807) is 37.1 Å². The van der Waals surface area contributed by atoms with Gasteiger partial charge in [-0.05, 0) is 43.7 Å². The van der Waals surface area contributed by atoms with Crippen molar-refractivity contribution in [2.75, 3.05) is 10.6 Å². The average molecular weight is 448 g/mol. The summed E-state index contributed by atoms with van der Waals surface area (Å²) in [7, 11) is 3.40. The minimum atomic E-state index is -0.503. The summed E-state index contributed by atoms with van der Waals surface area (Å²) in [6.45, 7) is 4.00. The molecule has 10 heteroatoms. The third-order valence-corrected chi connectivity index (χ3v) is 5.14. The molecule has 33 heavy (non-hydrogen) atoms. The Morgan fingerprint density at radius 3 is 2.42 bits per heavy atom. The van der Waals surface area contributed by atoms with Crippen molar-refractivity contribution < 1.29 is 18.7 Å². The summed E-state index contributed by atoms with van der Waals surface area (Å²) in [5, 5.41) is 13.7. The monoisotopic (exact) mass is 448 g/mol. The molecule has 1 aromatic carbocycles. The fraction of sp³-hybridized carbons (Fsp3) is 0.217. The molecule has 0 atom stereocenters. The van der Waals surface area contributed by atoms with Gasteiger partial charge in [0.1, 0.15) is 23.8 Å². The number of anilines is 2. The van der Waals surface area contributed by atoms with Crippen molar-refractivity contribution in [3.63, 3.8) is 0 Å². The number of hydrogen-bond acceptors (Lipinski definition) is 6. The summed E-state index contributed by atoms with van der Waals surface area (Å²) in [5.74, 6) is 0.380. The van der Waals surface area contributed by atoms with Gasteiger partial charge in [-0.2, -0.15) is 10.2 Å². The van der Waals surface area contributed by atoms with Crippen molar-refractivity contribution in [2.24, 2.45) is 14.1 Å². The van der Waals surface area contributed by atoms with Crippen LogP contribution in [0.5, 0.6) is 5.75 Å². The minimum Gasteiger partial charge on any atom is -0.486 e. The normalized spacial score (nSPS) is 10.8. The fourth-order valence-electron chi connectivity index (χ4n) is 3.22. The zero-order chi connectivity index (χ0) is 23.5. The van der Waals surface area contributed by atoms with Crippen LogP contribution in [0.4, 0.5) is 11.4 Å². The first-order chi connectivity index (χ1) is 15.8. The van der Waals surface area contributed by atoms with Crippen LogP contribution in [-0.2, 0) is 20.7 Å². The lowest BCUT2D eigenvalue weighted by molar-refractivity contribution is 0.0992. The maximum atomic E-state index is 12.8. The molecule has 0 aliphatic carbocycles. The molecule has 0 bridgehead atoms. The molecule has 0 aliphatic heterocycles. The first kappa shape index (κ1) is 21.9. The molecule has 4 aromatic rings. The van der Waals surface area contributed by atoms with Crippen molar-refractivity contribution in [1.82, 2.24) is 19.6 Å². The van der Waals surface area contributed by atoms with E-state index >= 15 is 0 Å². The molecule has 10 nitrogen and oxygen atoms in total. The molecule has 2 N–H and O–H groups in total. The summed E-state index contributed by atoms with van der Waals surface area (Å²) in [5.41, 5.74) is 2.91. The van der Waals surface area contributed by atoms with Crippen molar-refractivity contribution in [1.29, 1.82) is 0 Å². The molecule has 2 amide bonds. The van der Waals surface area contributed by atoms with Gasteiger partial charge >= 0.3 is 0 Å². The second-order valence-electron chi connectivity index (χ2n) is 7.58. The summed E-state index contributed by atoms with van der Waals surface area (Å²) in [4.78, 5) is 25.6. The van der Waals surface area contributed by atoms with Crippen LogP contribution in [0.1, 0.15) is 38.1 Å². The lowest BCUT2D eigenvalue weighted by Gasteiger charge is -2.08. The van der Waals surface area contributed by atoms with E-state index in [0.717, 1.165) is 11.3 Å². The Morgan fingerprint density at radius 2 is 1.70 bits per heavy atom. The highest BCUT2D eigenvalue weighted by molar-refractivity contribution is 6.11. The van der Waals surface area contributed by atoms with Gasteiger partial charge in [0.15, 0.2) is 5.76 Å². The molecule has 0 aliphatic rings. The Morgan fingerprint density at radius 1 is 0.970 bits per heavy atom. The third kappa shape index (κ3) is 4.79. The topological polar surface area (TPSA) is 116 Å². The molecule has 0 unspecified atom stereocenters. The van der Waals surface area contributed by atoms with Gasteiger partial charge in [-0.25, -0.2) is 0 Å². The first-order valence-corrected chi connectivity index (χ1v) is 10.2. The highest BCUT2D eigenvalue weighted by atomic mass is 16.5. The van der Waals surface area contributed by atoms with E-state index in [4.69, 9.17) is 9.15 Å². The first-order valence-electron chi connectivity index (χ1n) is 10.2. The largest absolute Gasteiger partial charge is 0.486 e. The van der Waals surface area contributed by atoms with Gasteiger partial charge in [0.25, 0.3) is 11.8 Å². The number of amides is 2. The average Bonchev–Trinajstić information content (AvgIpc) is 3.48. The predicted octanol–water partition coefficient (Wildman–Crippen LogP) is 3.45. The predicted molar refractivity (Wildman–Crippen MR) is 121 cm³/mol. The van der Waals surface area contributed by atoms with Crippen LogP contribution >= 0.6 is 0 Å². The van der Waals surface area contributed by atoms with Gasteiger partial charge in [-0.15, -0.1) is 0 Å². The molecule has 0 saturated heterocycles. The molecule has 0 fully saturated rings. The number of ether oxygens (including phenoxy) is 1. The summed E-state index contributed by atoms with van der Waals surface area (Å²) >= 11 is 0. The molecule has 4 rings (SSSR count). The quantitative estimate of drug-likeness (QED) is 0.447. The lowest BCUT2D eigenvalue weighted by atomic mass is 10.2. The van der Waals surface area contributed by atoms with Gasteiger partial charge < -0.3 is 19.8 Å². The van der Waals surface area contributed by atoms with E-state index in [2.05, 4.69) is 20.8 Å². The molecule has 170 valence electrons. The highest BCUT2D eigenvalue weighted by Gasteiger charge is 2.22. The molecule has 3 heterocycles. The van der Waals surface area contributed by atoms with Crippen LogP contribution < -0.4 is 15.4 Å². The molecule has 0 spiro atoms. The van der Waals surface area contributed by atoms with Gasteiger partial charge in [0.05, 0.1) is 29.5 Å². The van der Waals surface area contributed by atoms with Crippen LogP contribution in [-0.4, -0.2) is 31.4 Å². The zero-order valence-electron chi connectivity index (χ0n) is 18.7. The number of nitrogens with one attached hydrogen (secondary N) is 2. The third-order valence-electron chi connectivity index (χ3n) is 5.14. The number of carbonyl (C=O) groups excluding carboxylic acids is 2. The molecule has 3 aromatic heterocycles. The number of rotatable bonds is 7. The van der Waals surface area contributed by atoms with Gasteiger partial charge in [0.2, 0.25) is 0 Å². The van der Waals surface area contributed by atoms with Crippen molar-refractivity contribution in [2.45, 2.75) is 20.5 Å². The second kappa shape index (κ2) is 9.03. The summed E-state index contributed by atoms with van der Waals surface area (Å²) < 4.78 is 14.4. The van der Waals surface area contributed by atoms with Gasteiger partial charge in [-0.1, -0.05) is 12.1 Å². The highest BCUT2D eigenvalue weighted by Crippen LogP contribution is 2.21. The fourth-order valence-corrected chi connectivity index (χ4v) is 3.22. The van der Waals surface area contributed by atoms with Crippen LogP contribution in [0.3, 0.4) is 0 Å².